The highest BCUT2D eigenvalue weighted by Crippen LogP contribution is 2.23. The third kappa shape index (κ3) is 2.88. The van der Waals surface area contributed by atoms with Crippen molar-refractivity contribution in [2.45, 2.75) is 11.6 Å². The van der Waals surface area contributed by atoms with E-state index < -0.39 is 0 Å². The molecular formula is C14H17N3OS. The van der Waals surface area contributed by atoms with Crippen molar-refractivity contribution in [3.05, 3.63) is 30.1 Å². The second kappa shape index (κ2) is 5.86. The Morgan fingerprint density at radius 1 is 1.21 bits per heavy atom. The minimum absolute atomic E-state index is 0.807. The first-order valence-corrected chi connectivity index (χ1v) is 7.69. The van der Waals surface area contributed by atoms with E-state index in [-0.39, 0.29) is 0 Å². The van der Waals surface area contributed by atoms with Gasteiger partial charge in [0.15, 0.2) is 0 Å². The third-order valence-corrected chi connectivity index (χ3v) is 3.97. The summed E-state index contributed by atoms with van der Waals surface area (Å²) in [7, 11) is 0. The molecule has 0 unspecified atom stereocenters. The average Bonchev–Trinajstić information content (AvgIpc) is 2.47. The molecule has 4 nitrogen and oxygen atoms in total. The second-order valence-electron chi connectivity index (χ2n) is 4.55. The Morgan fingerprint density at radius 2 is 2.00 bits per heavy atom. The molecule has 1 aliphatic rings. The number of thioether (sulfide) groups is 1. The van der Waals surface area contributed by atoms with Crippen LogP contribution in [0.1, 0.15) is 5.82 Å². The van der Waals surface area contributed by atoms with Crippen LogP contribution in [0.4, 0.5) is 0 Å². The number of nitrogens with zero attached hydrogens (tertiary/aromatic N) is 3. The molecule has 2 heterocycles. The minimum atomic E-state index is 0.807. The smallest absolute Gasteiger partial charge is 0.144 e. The van der Waals surface area contributed by atoms with E-state index in [1.807, 2.05) is 12.1 Å². The Labute approximate surface area is 117 Å². The van der Waals surface area contributed by atoms with Gasteiger partial charge in [-0.05, 0) is 12.3 Å². The van der Waals surface area contributed by atoms with Gasteiger partial charge in [0.25, 0.3) is 0 Å². The molecule has 0 spiro atoms. The number of benzene rings is 1. The summed E-state index contributed by atoms with van der Waals surface area (Å²) in [5, 5.41) is 2.20. The molecular weight excluding hydrogens is 258 g/mol. The van der Waals surface area contributed by atoms with Gasteiger partial charge in [-0.1, -0.05) is 18.2 Å². The normalized spacial score (nSPS) is 16.9. The SMILES string of the molecule is CSc1nc(CN2CCOCC2)nc2ccccc12. The first kappa shape index (κ1) is 12.8. The van der Waals surface area contributed by atoms with E-state index in [1.54, 1.807) is 11.8 Å². The maximum Gasteiger partial charge on any atom is 0.144 e. The van der Waals surface area contributed by atoms with Crippen LogP contribution in [0.25, 0.3) is 10.9 Å². The van der Waals surface area contributed by atoms with Gasteiger partial charge in [-0.25, -0.2) is 9.97 Å². The number of rotatable bonds is 3. The lowest BCUT2D eigenvalue weighted by atomic mass is 10.2. The van der Waals surface area contributed by atoms with E-state index in [2.05, 4.69) is 33.3 Å². The summed E-state index contributed by atoms with van der Waals surface area (Å²) in [6, 6.07) is 8.20. The molecule has 2 aromatic rings. The van der Waals surface area contributed by atoms with Gasteiger partial charge in [0.1, 0.15) is 10.9 Å². The molecule has 1 aromatic heterocycles. The zero-order valence-corrected chi connectivity index (χ0v) is 11.8. The molecule has 0 radical (unpaired) electrons. The van der Waals surface area contributed by atoms with E-state index in [1.165, 1.54) is 0 Å². The fourth-order valence-corrected chi connectivity index (χ4v) is 2.87. The monoisotopic (exact) mass is 275 g/mol. The Kier molecular flexibility index (Phi) is 3.96. The van der Waals surface area contributed by atoms with E-state index in [0.717, 1.165) is 54.6 Å². The number of hydrogen-bond acceptors (Lipinski definition) is 5. The number of morpholine rings is 1. The Bertz CT molecular complexity index is 570. The summed E-state index contributed by atoms with van der Waals surface area (Å²) in [4.78, 5) is 11.7. The third-order valence-electron chi connectivity index (χ3n) is 3.28. The largest absolute Gasteiger partial charge is 0.379 e. The van der Waals surface area contributed by atoms with Crippen LogP contribution in [0.3, 0.4) is 0 Å². The highest BCUT2D eigenvalue weighted by atomic mass is 32.2. The van der Waals surface area contributed by atoms with Gasteiger partial charge < -0.3 is 4.74 Å². The number of para-hydroxylation sites is 1. The molecule has 1 fully saturated rings. The second-order valence-corrected chi connectivity index (χ2v) is 5.35. The molecule has 1 aromatic carbocycles. The van der Waals surface area contributed by atoms with Crippen LogP contribution < -0.4 is 0 Å². The van der Waals surface area contributed by atoms with Crippen molar-refractivity contribution in [3.63, 3.8) is 0 Å². The van der Waals surface area contributed by atoms with Crippen molar-refractivity contribution < 1.29 is 4.74 Å². The van der Waals surface area contributed by atoms with Gasteiger partial charge >= 0.3 is 0 Å². The zero-order valence-electron chi connectivity index (χ0n) is 11.0. The molecule has 0 N–H and O–H groups in total. The van der Waals surface area contributed by atoms with Crippen LogP contribution in [-0.4, -0.2) is 47.4 Å². The topological polar surface area (TPSA) is 38.2 Å². The van der Waals surface area contributed by atoms with Gasteiger partial charge in [0, 0.05) is 18.5 Å². The van der Waals surface area contributed by atoms with Crippen molar-refractivity contribution in [1.82, 2.24) is 14.9 Å². The van der Waals surface area contributed by atoms with Crippen molar-refractivity contribution in [1.29, 1.82) is 0 Å². The average molecular weight is 275 g/mol. The summed E-state index contributed by atoms with van der Waals surface area (Å²) in [5.74, 6) is 0.907. The van der Waals surface area contributed by atoms with Crippen LogP contribution in [0, 0.1) is 0 Å². The molecule has 3 rings (SSSR count). The molecule has 1 aliphatic heterocycles. The maximum atomic E-state index is 5.37. The fraction of sp³-hybridized carbons (Fsp3) is 0.429. The summed E-state index contributed by atoms with van der Waals surface area (Å²) in [6.45, 7) is 4.35. The Hall–Kier alpha value is -1.17. The molecule has 19 heavy (non-hydrogen) atoms. The summed E-state index contributed by atoms with van der Waals surface area (Å²) >= 11 is 1.68. The predicted octanol–water partition coefficient (Wildman–Crippen LogP) is 2.18. The fourth-order valence-electron chi connectivity index (χ4n) is 2.28. The van der Waals surface area contributed by atoms with Crippen LogP contribution in [0.15, 0.2) is 29.3 Å². The lowest BCUT2D eigenvalue weighted by Gasteiger charge is -2.25. The van der Waals surface area contributed by atoms with Gasteiger partial charge in [-0.3, -0.25) is 4.90 Å². The van der Waals surface area contributed by atoms with E-state index in [9.17, 15) is 0 Å². The summed E-state index contributed by atoms with van der Waals surface area (Å²) in [6.07, 6.45) is 2.06. The lowest BCUT2D eigenvalue weighted by Crippen LogP contribution is -2.36. The number of aromatic nitrogens is 2. The van der Waals surface area contributed by atoms with E-state index in [0.29, 0.717) is 0 Å². The van der Waals surface area contributed by atoms with E-state index in [4.69, 9.17) is 4.74 Å². The van der Waals surface area contributed by atoms with Gasteiger partial charge in [0.05, 0.1) is 25.3 Å². The minimum Gasteiger partial charge on any atom is -0.379 e. The predicted molar refractivity (Wildman–Crippen MR) is 77.4 cm³/mol. The molecule has 1 saturated heterocycles. The quantitative estimate of drug-likeness (QED) is 0.634. The van der Waals surface area contributed by atoms with Crippen molar-refractivity contribution >= 4 is 22.7 Å². The number of ether oxygens (including phenoxy) is 1. The molecule has 0 saturated carbocycles. The van der Waals surface area contributed by atoms with Crippen LogP contribution in [0.5, 0.6) is 0 Å². The standard InChI is InChI=1S/C14H17N3OS/c1-19-14-11-4-2-3-5-12(11)15-13(16-14)10-17-6-8-18-9-7-17/h2-5H,6-10H2,1H3. The van der Waals surface area contributed by atoms with Crippen molar-refractivity contribution in [2.75, 3.05) is 32.6 Å². The Balaban J connectivity index is 1.90. The zero-order chi connectivity index (χ0) is 13.1. The Morgan fingerprint density at radius 3 is 2.79 bits per heavy atom. The van der Waals surface area contributed by atoms with Crippen LogP contribution in [0.2, 0.25) is 0 Å². The van der Waals surface area contributed by atoms with Gasteiger partial charge in [-0.2, -0.15) is 0 Å². The molecule has 0 aliphatic carbocycles. The summed E-state index contributed by atoms with van der Waals surface area (Å²) in [5.41, 5.74) is 1.03. The number of hydrogen-bond donors (Lipinski definition) is 0. The highest BCUT2D eigenvalue weighted by molar-refractivity contribution is 7.98. The molecule has 100 valence electrons. The van der Waals surface area contributed by atoms with E-state index >= 15 is 0 Å². The highest BCUT2D eigenvalue weighted by Gasteiger charge is 2.13. The van der Waals surface area contributed by atoms with Gasteiger partial charge in [-0.15, -0.1) is 11.8 Å². The lowest BCUT2D eigenvalue weighted by molar-refractivity contribution is 0.0330. The van der Waals surface area contributed by atoms with Crippen LogP contribution >= 0.6 is 11.8 Å². The van der Waals surface area contributed by atoms with Crippen molar-refractivity contribution in [2.24, 2.45) is 0 Å². The molecule has 5 heteroatoms. The first-order chi connectivity index (χ1) is 9.36. The van der Waals surface area contributed by atoms with Crippen molar-refractivity contribution in [3.8, 4) is 0 Å². The maximum absolute atomic E-state index is 5.37. The first-order valence-electron chi connectivity index (χ1n) is 6.46. The molecule has 0 amide bonds. The molecule has 0 bridgehead atoms. The van der Waals surface area contributed by atoms with Crippen LogP contribution in [-0.2, 0) is 11.3 Å². The summed E-state index contributed by atoms with van der Waals surface area (Å²) < 4.78 is 5.37. The van der Waals surface area contributed by atoms with Gasteiger partial charge in [0.2, 0.25) is 0 Å². The molecule has 0 atom stereocenters. The number of fused-ring (bicyclic) bond motifs is 1.